The second-order valence-corrected chi connectivity index (χ2v) is 19.1. The van der Waals surface area contributed by atoms with Gasteiger partial charge in [-0.3, -0.25) is 14.4 Å². The Morgan fingerprint density at radius 1 is 0.288 bits per heavy atom. The lowest BCUT2D eigenvalue weighted by molar-refractivity contribution is -0.166. The molecule has 0 aliphatic rings. The van der Waals surface area contributed by atoms with Gasteiger partial charge in [0.05, 0.1) is 0 Å². The monoisotopic (exact) mass is 1010 g/mol. The quantitative estimate of drug-likeness (QED) is 0.0261. The number of carbonyl (C=O) groups is 3. The molecule has 0 rings (SSSR count). The Kier molecular flexibility index (Phi) is 56.4. The molecule has 73 heavy (non-hydrogen) atoms. The van der Waals surface area contributed by atoms with Gasteiger partial charge in [-0.05, 0) is 103 Å². The van der Waals surface area contributed by atoms with Crippen LogP contribution in [0, 0.1) is 0 Å². The smallest absolute Gasteiger partial charge is 0.306 e. The van der Waals surface area contributed by atoms with Crippen LogP contribution in [0.4, 0.5) is 0 Å². The van der Waals surface area contributed by atoms with Crippen LogP contribution in [0.2, 0.25) is 0 Å². The van der Waals surface area contributed by atoms with Gasteiger partial charge in [0.15, 0.2) is 6.10 Å². The van der Waals surface area contributed by atoms with Crippen molar-refractivity contribution in [2.24, 2.45) is 0 Å². The van der Waals surface area contributed by atoms with Crippen molar-refractivity contribution in [3.63, 3.8) is 0 Å². The Morgan fingerprint density at radius 3 is 0.890 bits per heavy atom. The molecule has 0 saturated carbocycles. The third kappa shape index (κ3) is 58.3. The molecule has 0 saturated heterocycles. The van der Waals surface area contributed by atoms with Crippen LogP contribution >= 0.6 is 0 Å². The average molecular weight is 1010 g/mol. The van der Waals surface area contributed by atoms with Gasteiger partial charge >= 0.3 is 17.9 Å². The average Bonchev–Trinajstić information content (AvgIpc) is 3.39. The Balaban J connectivity index is 4.11. The summed E-state index contributed by atoms with van der Waals surface area (Å²) in [5, 5.41) is 0. The summed E-state index contributed by atoms with van der Waals surface area (Å²) in [5.74, 6) is -1.01. The number of carbonyl (C=O) groups excluding carboxylic acids is 3. The summed E-state index contributed by atoms with van der Waals surface area (Å²) in [7, 11) is 0. The van der Waals surface area contributed by atoms with Gasteiger partial charge in [-0.25, -0.2) is 0 Å². The predicted octanol–water partition coefficient (Wildman–Crippen LogP) is 20.2. The van der Waals surface area contributed by atoms with Crippen LogP contribution in [-0.2, 0) is 28.6 Å². The van der Waals surface area contributed by atoms with Gasteiger partial charge in [-0.2, -0.15) is 0 Å². The summed E-state index contributed by atoms with van der Waals surface area (Å²) < 4.78 is 16.6. The molecular weight excluding hydrogens is 901 g/mol. The number of unbranched alkanes of at least 4 members (excludes halogenated alkanes) is 19. The van der Waals surface area contributed by atoms with E-state index in [1.165, 1.54) is 83.5 Å². The molecule has 412 valence electrons. The number of rotatable bonds is 52. The molecule has 0 aliphatic heterocycles. The van der Waals surface area contributed by atoms with Crippen LogP contribution in [0.25, 0.3) is 0 Å². The fraction of sp³-hybridized carbons (Fsp3) is 0.627. The SMILES string of the molecule is CC/C=C\C/C=C\C/C=C\C/C=C\C/C=C\C/C=C\CCC(=O)OC(COC(=O)CCCCCCC)COC(=O)CCCCCCCCCCCCCCCCC/C=C\C/C=C\C/C=C\C/C=C\C/C=C\CC. The summed E-state index contributed by atoms with van der Waals surface area (Å²) in [6.07, 6.45) is 85.2. The van der Waals surface area contributed by atoms with Gasteiger partial charge in [0.2, 0.25) is 0 Å². The van der Waals surface area contributed by atoms with E-state index in [0.29, 0.717) is 19.3 Å². The van der Waals surface area contributed by atoms with E-state index in [2.05, 4.69) is 142 Å². The molecule has 0 aromatic rings. The molecule has 0 amide bonds. The maximum atomic E-state index is 12.7. The minimum Gasteiger partial charge on any atom is -0.462 e. The molecule has 0 aromatic heterocycles. The summed E-state index contributed by atoms with van der Waals surface area (Å²) in [6, 6.07) is 0. The van der Waals surface area contributed by atoms with Gasteiger partial charge < -0.3 is 14.2 Å². The van der Waals surface area contributed by atoms with E-state index in [0.717, 1.165) is 122 Å². The van der Waals surface area contributed by atoms with Crippen molar-refractivity contribution < 1.29 is 28.6 Å². The van der Waals surface area contributed by atoms with Crippen molar-refractivity contribution in [2.45, 2.75) is 258 Å². The summed E-state index contributed by atoms with van der Waals surface area (Å²) >= 11 is 0. The standard InChI is InChI=1S/C67H108O6/c1-4-7-10-13-15-17-19-21-23-25-27-28-29-30-31-32-33-34-35-36-37-38-40-41-43-45-47-49-51-54-57-60-66(69)72-63-64(62-71-65(68)59-56-53-12-9-6-3)73-67(70)61-58-55-52-50-48-46-44-42-39-26-24-22-20-18-16-14-11-8-5-2/h7-8,10-11,15-18,21-24,27-28,30-31,39,42,46,48,52,55,64H,4-6,9,12-14,19-20,25-26,29,32-38,40-41,43-45,47,49-51,53-54,56-63H2,1-3H3/b10-7-,11-8-,17-15-,18-16-,23-21-,24-22-,28-27-,31-30-,42-39-,48-46-,55-52-. The van der Waals surface area contributed by atoms with Crippen molar-refractivity contribution in [3.8, 4) is 0 Å². The highest BCUT2D eigenvalue weighted by Gasteiger charge is 2.19. The highest BCUT2D eigenvalue weighted by Crippen LogP contribution is 2.15. The first-order valence-corrected chi connectivity index (χ1v) is 29.7. The van der Waals surface area contributed by atoms with E-state index in [4.69, 9.17) is 14.2 Å². The molecule has 1 atom stereocenters. The molecule has 6 nitrogen and oxygen atoms in total. The Bertz CT molecular complexity index is 1580. The first-order chi connectivity index (χ1) is 36.0. The topological polar surface area (TPSA) is 78.9 Å². The fourth-order valence-corrected chi connectivity index (χ4v) is 7.79. The minimum atomic E-state index is -0.818. The van der Waals surface area contributed by atoms with Crippen LogP contribution in [0.1, 0.15) is 252 Å². The molecule has 1 unspecified atom stereocenters. The van der Waals surface area contributed by atoms with Gasteiger partial charge in [0.1, 0.15) is 13.2 Å². The zero-order chi connectivity index (χ0) is 52.9. The van der Waals surface area contributed by atoms with Crippen molar-refractivity contribution >= 4 is 17.9 Å². The Morgan fingerprint density at radius 2 is 0.562 bits per heavy atom. The highest BCUT2D eigenvalue weighted by atomic mass is 16.6. The van der Waals surface area contributed by atoms with Crippen molar-refractivity contribution in [2.75, 3.05) is 13.2 Å². The lowest BCUT2D eigenvalue weighted by Gasteiger charge is -2.18. The normalized spacial score (nSPS) is 13.1. The third-order valence-corrected chi connectivity index (χ3v) is 12.2. The maximum absolute atomic E-state index is 12.7. The summed E-state index contributed by atoms with van der Waals surface area (Å²) in [4.78, 5) is 37.8. The van der Waals surface area contributed by atoms with Crippen LogP contribution < -0.4 is 0 Å². The molecule has 0 N–H and O–H groups in total. The van der Waals surface area contributed by atoms with Gasteiger partial charge in [-0.15, -0.1) is 0 Å². The van der Waals surface area contributed by atoms with Crippen LogP contribution in [0.3, 0.4) is 0 Å². The lowest BCUT2D eigenvalue weighted by atomic mass is 10.0. The summed E-state index contributed by atoms with van der Waals surface area (Å²) in [5.41, 5.74) is 0. The Labute approximate surface area is 449 Å². The molecule has 0 heterocycles. The minimum absolute atomic E-state index is 0.110. The van der Waals surface area contributed by atoms with E-state index in [1.54, 1.807) is 0 Å². The summed E-state index contributed by atoms with van der Waals surface area (Å²) in [6.45, 7) is 6.26. The number of hydrogen-bond donors (Lipinski definition) is 0. The van der Waals surface area contributed by atoms with Crippen LogP contribution in [0.15, 0.2) is 134 Å². The van der Waals surface area contributed by atoms with E-state index in [1.807, 2.05) is 12.2 Å². The molecule has 0 fully saturated rings. The van der Waals surface area contributed by atoms with E-state index < -0.39 is 12.1 Å². The highest BCUT2D eigenvalue weighted by molar-refractivity contribution is 5.71. The second kappa shape index (κ2) is 60.1. The van der Waals surface area contributed by atoms with Gasteiger partial charge in [0, 0.05) is 19.3 Å². The predicted molar refractivity (Wildman–Crippen MR) is 316 cm³/mol. The van der Waals surface area contributed by atoms with E-state index in [-0.39, 0.29) is 31.6 Å². The first kappa shape index (κ1) is 68.6. The molecular formula is C67H108O6. The number of allylic oxidation sites excluding steroid dienone is 22. The first-order valence-electron chi connectivity index (χ1n) is 29.7. The number of esters is 3. The van der Waals surface area contributed by atoms with E-state index >= 15 is 0 Å². The largest absolute Gasteiger partial charge is 0.462 e. The number of hydrogen-bond acceptors (Lipinski definition) is 6. The van der Waals surface area contributed by atoms with E-state index in [9.17, 15) is 14.4 Å². The molecule has 0 aromatic carbocycles. The van der Waals surface area contributed by atoms with Crippen molar-refractivity contribution in [1.82, 2.24) is 0 Å². The fourth-order valence-electron chi connectivity index (χ4n) is 7.79. The van der Waals surface area contributed by atoms with Crippen LogP contribution in [0.5, 0.6) is 0 Å². The Hall–Kier alpha value is -4.45. The van der Waals surface area contributed by atoms with Gasteiger partial charge in [0.25, 0.3) is 0 Å². The maximum Gasteiger partial charge on any atom is 0.306 e. The zero-order valence-electron chi connectivity index (χ0n) is 47.1. The third-order valence-electron chi connectivity index (χ3n) is 12.2. The van der Waals surface area contributed by atoms with Gasteiger partial charge in [-0.1, -0.05) is 264 Å². The van der Waals surface area contributed by atoms with Crippen molar-refractivity contribution in [3.05, 3.63) is 134 Å². The molecule has 6 heteroatoms. The molecule has 0 spiro atoms. The second-order valence-electron chi connectivity index (χ2n) is 19.1. The van der Waals surface area contributed by atoms with Crippen LogP contribution in [-0.4, -0.2) is 37.2 Å². The molecule has 0 aliphatic carbocycles. The molecule has 0 radical (unpaired) electrons. The zero-order valence-corrected chi connectivity index (χ0v) is 47.1. The van der Waals surface area contributed by atoms with Crippen molar-refractivity contribution in [1.29, 1.82) is 0 Å². The lowest BCUT2D eigenvalue weighted by Crippen LogP contribution is -2.30. The molecule has 0 bridgehead atoms. The number of ether oxygens (including phenoxy) is 3.